The van der Waals surface area contributed by atoms with E-state index in [1.54, 1.807) is 0 Å². The molecular weight excluding hydrogens is 231 g/mol. The van der Waals surface area contributed by atoms with Crippen LogP contribution in [0.5, 0.6) is 0 Å². The SMILES string of the molecule is CCCCCCCCOC(=O)/C=C\C(=O)[O-].[Na+]. The Kier molecular flexibility index (Phi) is 15.4. The molecule has 0 aromatic carbocycles. The molecule has 0 aliphatic heterocycles. The first-order valence-electron chi connectivity index (χ1n) is 5.72. The van der Waals surface area contributed by atoms with Crippen LogP contribution in [0.25, 0.3) is 0 Å². The molecule has 0 N–H and O–H groups in total. The van der Waals surface area contributed by atoms with Gasteiger partial charge in [0.2, 0.25) is 0 Å². The fourth-order valence-electron chi connectivity index (χ4n) is 1.24. The number of rotatable bonds is 9. The van der Waals surface area contributed by atoms with Crippen molar-refractivity contribution in [3.05, 3.63) is 12.2 Å². The molecule has 0 atom stereocenters. The summed E-state index contributed by atoms with van der Waals surface area (Å²) in [5.41, 5.74) is 0. The van der Waals surface area contributed by atoms with Crippen LogP contribution in [0.1, 0.15) is 45.4 Å². The van der Waals surface area contributed by atoms with Gasteiger partial charge in [-0.3, -0.25) is 0 Å². The molecule has 92 valence electrons. The van der Waals surface area contributed by atoms with E-state index in [4.69, 9.17) is 4.74 Å². The summed E-state index contributed by atoms with van der Waals surface area (Å²) in [5, 5.41) is 9.97. The van der Waals surface area contributed by atoms with Crippen LogP contribution in [0.15, 0.2) is 12.2 Å². The minimum absolute atomic E-state index is 0. The first kappa shape index (κ1) is 19.0. The predicted octanol–water partition coefficient (Wildman–Crippen LogP) is -1.80. The molecule has 0 rings (SSSR count). The van der Waals surface area contributed by atoms with E-state index in [2.05, 4.69) is 6.92 Å². The van der Waals surface area contributed by atoms with Gasteiger partial charge in [-0.25, -0.2) is 4.79 Å². The van der Waals surface area contributed by atoms with Crippen LogP contribution in [0, 0.1) is 0 Å². The second-order valence-electron chi connectivity index (χ2n) is 3.59. The summed E-state index contributed by atoms with van der Waals surface area (Å²) in [6.45, 7) is 2.51. The molecule has 0 spiro atoms. The summed E-state index contributed by atoms with van der Waals surface area (Å²) < 4.78 is 4.78. The van der Waals surface area contributed by atoms with Crippen molar-refractivity contribution in [1.29, 1.82) is 0 Å². The average Bonchev–Trinajstić information content (AvgIpc) is 2.25. The Morgan fingerprint density at radius 3 is 2.24 bits per heavy atom. The number of carbonyl (C=O) groups is 2. The molecule has 17 heavy (non-hydrogen) atoms. The number of ether oxygens (including phenoxy) is 1. The Morgan fingerprint density at radius 1 is 1.06 bits per heavy atom. The Morgan fingerprint density at radius 2 is 1.65 bits per heavy atom. The van der Waals surface area contributed by atoms with Gasteiger partial charge in [-0.1, -0.05) is 39.0 Å². The van der Waals surface area contributed by atoms with Gasteiger partial charge in [0.05, 0.1) is 12.6 Å². The molecule has 5 heteroatoms. The van der Waals surface area contributed by atoms with Gasteiger partial charge in [0.1, 0.15) is 0 Å². The molecule has 0 aliphatic rings. The Bertz CT molecular complexity index is 239. The molecule has 0 saturated heterocycles. The minimum atomic E-state index is -1.39. The van der Waals surface area contributed by atoms with Crippen LogP contribution in [0.4, 0.5) is 0 Å². The van der Waals surface area contributed by atoms with Crippen molar-refractivity contribution in [3.8, 4) is 0 Å². The number of unbranched alkanes of at least 4 members (excludes halogenated alkanes) is 5. The number of esters is 1. The fourth-order valence-corrected chi connectivity index (χ4v) is 1.24. The number of hydrogen-bond donors (Lipinski definition) is 0. The summed E-state index contributed by atoms with van der Waals surface area (Å²) in [6, 6.07) is 0. The van der Waals surface area contributed by atoms with E-state index in [1.807, 2.05) is 0 Å². The van der Waals surface area contributed by atoms with Crippen molar-refractivity contribution in [2.75, 3.05) is 6.61 Å². The zero-order valence-electron chi connectivity index (χ0n) is 10.7. The smallest absolute Gasteiger partial charge is 0.545 e. The second-order valence-corrected chi connectivity index (χ2v) is 3.59. The van der Waals surface area contributed by atoms with E-state index in [-0.39, 0.29) is 29.6 Å². The van der Waals surface area contributed by atoms with Gasteiger partial charge >= 0.3 is 35.5 Å². The van der Waals surface area contributed by atoms with Crippen LogP contribution in [-0.4, -0.2) is 18.5 Å². The molecule has 0 unspecified atom stereocenters. The molecule has 0 fully saturated rings. The van der Waals surface area contributed by atoms with Gasteiger partial charge in [0.25, 0.3) is 0 Å². The summed E-state index contributed by atoms with van der Waals surface area (Å²) in [7, 11) is 0. The van der Waals surface area contributed by atoms with E-state index >= 15 is 0 Å². The molecule has 0 saturated carbocycles. The van der Waals surface area contributed by atoms with Gasteiger partial charge in [-0.2, -0.15) is 0 Å². The standard InChI is InChI=1S/C12H20O4.Na/c1-2-3-4-5-6-7-10-16-12(15)9-8-11(13)14;/h8-9H,2-7,10H2,1H3,(H,13,14);/q;+1/p-1/b9-8-;. The second kappa shape index (κ2) is 13.7. The van der Waals surface area contributed by atoms with Crippen LogP contribution < -0.4 is 34.7 Å². The van der Waals surface area contributed by atoms with Crippen molar-refractivity contribution < 1.29 is 49.0 Å². The van der Waals surface area contributed by atoms with E-state index in [0.717, 1.165) is 25.3 Å². The monoisotopic (exact) mass is 250 g/mol. The van der Waals surface area contributed by atoms with Gasteiger partial charge in [0.15, 0.2) is 0 Å². The molecule has 4 nitrogen and oxygen atoms in total. The number of aliphatic carboxylic acids is 1. The van der Waals surface area contributed by atoms with Gasteiger partial charge in [-0.05, 0) is 12.5 Å². The van der Waals surface area contributed by atoms with E-state index in [0.29, 0.717) is 12.7 Å². The maximum Gasteiger partial charge on any atom is 1.00 e. The van der Waals surface area contributed by atoms with Crippen LogP contribution in [0.2, 0.25) is 0 Å². The summed E-state index contributed by atoms with van der Waals surface area (Å²) in [6.07, 6.45) is 8.23. The molecule has 0 aliphatic carbocycles. The first-order chi connectivity index (χ1) is 7.66. The van der Waals surface area contributed by atoms with E-state index in [9.17, 15) is 14.7 Å². The van der Waals surface area contributed by atoms with Crippen LogP contribution in [0.3, 0.4) is 0 Å². The third-order valence-electron chi connectivity index (χ3n) is 2.10. The van der Waals surface area contributed by atoms with Crippen molar-refractivity contribution in [3.63, 3.8) is 0 Å². The molecule has 0 amide bonds. The summed E-state index contributed by atoms with van der Waals surface area (Å²) >= 11 is 0. The Hall–Kier alpha value is -0.320. The summed E-state index contributed by atoms with van der Waals surface area (Å²) in [5.74, 6) is -2.02. The normalized spacial score (nSPS) is 9.94. The number of carboxylic acids is 1. The predicted molar refractivity (Wildman–Crippen MR) is 58.5 cm³/mol. The van der Waals surface area contributed by atoms with Crippen molar-refractivity contribution in [2.24, 2.45) is 0 Å². The van der Waals surface area contributed by atoms with E-state index in [1.165, 1.54) is 19.3 Å². The summed E-state index contributed by atoms with van der Waals surface area (Å²) in [4.78, 5) is 20.9. The van der Waals surface area contributed by atoms with Gasteiger partial charge in [0, 0.05) is 6.08 Å². The number of hydrogen-bond acceptors (Lipinski definition) is 4. The topological polar surface area (TPSA) is 66.4 Å². The third-order valence-corrected chi connectivity index (χ3v) is 2.10. The molecule has 0 radical (unpaired) electrons. The van der Waals surface area contributed by atoms with E-state index < -0.39 is 11.9 Å². The Labute approximate surface area is 125 Å². The number of carboxylic acid groups (broad SMARTS) is 1. The fraction of sp³-hybridized carbons (Fsp3) is 0.667. The largest absolute Gasteiger partial charge is 1.00 e. The van der Waals surface area contributed by atoms with Crippen molar-refractivity contribution in [1.82, 2.24) is 0 Å². The maximum atomic E-state index is 10.9. The van der Waals surface area contributed by atoms with Gasteiger partial charge in [-0.15, -0.1) is 0 Å². The van der Waals surface area contributed by atoms with Crippen LogP contribution >= 0.6 is 0 Å². The van der Waals surface area contributed by atoms with Gasteiger partial charge < -0.3 is 14.6 Å². The Balaban J connectivity index is 0. The third kappa shape index (κ3) is 15.7. The molecule has 0 heterocycles. The van der Waals surface area contributed by atoms with Crippen molar-refractivity contribution in [2.45, 2.75) is 45.4 Å². The number of carbonyl (C=O) groups excluding carboxylic acids is 2. The average molecular weight is 250 g/mol. The van der Waals surface area contributed by atoms with Crippen molar-refractivity contribution >= 4 is 11.9 Å². The molecular formula is C12H19NaO4. The zero-order valence-corrected chi connectivity index (χ0v) is 12.7. The maximum absolute atomic E-state index is 10.9. The zero-order chi connectivity index (χ0) is 12.2. The molecule has 0 bridgehead atoms. The first-order valence-corrected chi connectivity index (χ1v) is 5.72. The van der Waals surface area contributed by atoms with Crippen LogP contribution in [-0.2, 0) is 14.3 Å². The molecule has 0 aromatic rings. The molecule has 0 aromatic heterocycles. The minimum Gasteiger partial charge on any atom is -0.545 e. The quantitative estimate of drug-likeness (QED) is 0.210.